The number of hydrogen-bond donors (Lipinski definition) is 0. The molecule has 2 fully saturated rings. The fraction of sp³-hybridized carbons (Fsp3) is 0.565. The molecule has 2 aromatic rings. The fourth-order valence-electron chi connectivity index (χ4n) is 4.07. The van der Waals surface area contributed by atoms with E-state index < -0.39 is 6.10 Å². The van der Waals surface area contributed by atoms with E-state index in [1.807, 2.05) is 24.0 Å². The highest BCUT2D eigenvalue weighted by Gasteiger charge is 2.27. The summed E-state index contributed by atoms with van der Waals surface area (Å²) in [6.07, 6.45) is 0.139. The predicted octanol–water partition coefficient (Wildman–Crippen LogP) is 2.08. The zero-order valence-electron chi connectivity index (χ0n) is 18.4. The molecule has 31 heavy (non-hydrogen) atoms. The molecule has 0 N–H and O–H groups in total. The number of rotatable bonds is 6. The number of hydrogen-bond acceptors (Lipinski definition) is 7. The number of carbonyl (C=O) groups is 1. The summed E-state index contributed by atoms with van der Waals surface area (Å²) in [7, 11) is 0. The molecule has 0 aliphatic carbocycles. The number of fused-ring (bicyclic) bond motifs is 1. The van der Waals surface area contributed by atoms with Gasteiger partial charge in [-0.3, -0.25) is 9.69 Å². The van der Waals surface area contributed by atoms with Gasteiger partial charge >= 0.3 is 5.63 Å². The summed E-state index contributed by atoms with van der Waals surface area (Å²) in [5.74, 6) is 0.471. The van der Waals surface area contributed by atoms with E-state index >= 15 is 0 Å². The third-order valence-corrected chi connectivity index (χ3v) is 6.14. The molecule has 0 spiro atoms. The van der Waals surface area contributed by atoms with Crippen molar-refractivity contribution in [2.75, 3.05) is 45.9 Å². The number of aryl methyl sites for hydroxylation is 1. The summed E-state index contributed by atoms with van der Waals surface area (Å²) in [4.78, 5) is 29.0. The van der Waals surface area contributed by atoms with Crippen molar-refractivity contribution in [1.29, 1.82) is 0 Å². The number of amides is 1. The molecule has 0 saturated carbocycles. The van der Waals surface area contributed by atoms with Crippen LogP contribution in [0, 0.1) is 13.8 Å². The van der Waals surface area contributed by atoms with Gasteiger partial charge in [0.05, 0.1) is 13.2 Å². The number of piperazine rings is 1. The van der Waals surface area contributed by atoms with E-state index in [2.05, 4.69) is 4.90 Å². The van der Waals surface area contributed by atoms with Gasteiger partial charge in [0, 0.05) is 56.2 Å². The van der Waals surface area contributed by atoms with Crippen molar-refractivity contribution in [2.24, 2.45) is 0 Å². The minimum atomic E-state index is -0.623. The van der Waals surface area contributed by atoms with Gasteiger partial charge in [-0.2, -0.15) is 0 Å². The van der Waals surface area contributed by atoms with Crippen LogP contribution in [-0.2, 0) is 14.3 Å². The van der Waals surface area contributed by atoms with Crippen molar-refractivity contribution < 1.29 is 23.4 Å². The largest absolute Gasteiger partial charge is 0.481 e. The number of ether oxygens (including phenoxy) is 3. The molecule has 3 heterocycles. The molecular formula is C23H30N2O6. The van der Waals surface area contributed by atoms with Gasteiger partial charge in [0.15, 0.2) is 12.4 Å². The van der Waals surface area contributed by atoms with Crippen molar-refractivity contribution in [1.82, 2.24) is 9.80 Å². The van der Waals surface area contributed by atoms with E-state index in [-0.39, 0.29) is 17.8 Å². The van der Waals surface area contributed by atoms with E-state index in [9.17, 15) is 9.59 Å². The predicted molar refractivity (Wildman–Crippen MR) is 115 cm³/mol. The average Bonchev–Trinajstić information content (AvgIpc) is 3.29. The average molecular weight is 431 g/mol. The first-order valence-electron chi connectivity index (χ1n) is 10.9. The molecule has 0 radical (unpaired) electrons. The third-order valence-electron chi connectivity index (χ3n) is 6.14. The van der Waals surface area contributed by atoms with Crippen LogP contribution in [0.1, 0.15) is 24.5 Å². The van der Waals surface area contributed by atoms with E-state index in [1.165, 1.54) is 0 Å². The minimum absolute atomic E-state index is 0.0382. The Kier molecular flexibility index (Phi) is 6.60. The van der Waals surface area contributed by atoms with Crippen LogP contribution in [0.4, 0.5) is 0 Å². The van der Waals surface area contributed by atoms with E-state index in [1.54, 1.807) is 19.9 Å². The molecule has 1 atom stereocenters. The fourth-order valence-corrected chi connectivity index (χ4v) is 4.07. The van der Waals surface area contributed by atoms with E-state index in [0.29, 0.717) is 43.2 Å². The molecule has 1 aromatic heterocycles. The Morgan fingerprint density at radius 1 is 1.13 bits per heavy atom. The lowest BCUT2D eigenvalue weighted by molar-refractivity contribution is -0.139. The summed E-state index contributed by atoms with van der Waals surface area (Å²) in [5.41, 5.74) is 1.61. The molecule has 2 saturated heterocycles. The smallest absolute Gasteiger partial charge is 0.339 e. The molecule has 2 aliphatic rings. The molecule has 168 valence electrons. The van der Waals surface area contributed by atoms with Gasteiger partial charge in [0.25, 0.3) is 5.91 Å². The van der Waals surface area contributed by atoms with E-state index in [4.69, 9.17) is 18.6 Å². The zero-order valence-corrected chi connectivity index (χ0v) is 18.4. The van der Waals surface area contributed by atoms with Crippen molar-refractivity contribution in [3.05, 3.63) is 39.7 Å². The van der Waals surface area contributed by atoms with Crippen molar-refractivity contribution in [3.8, 4) is 5.75 Å². The second-order valence-corrected chi connectivity index (χ2v) is 8.18. The van der Waals surface area contributed by atoms with Crippen LogP contribution >= 0.6 is 0 Å². The monoisotopic (exact) mass is 430 g/mol. The standard InChI is InChI=1S/C23H30N2O6/c1-15-16(2)23(27)31-20-14-18(4-5-19(15)20)30-17(3)22(26)25-10-8-24(9-11-25)7-6-21-28-12-13-29-21/h4-5,14,17,21H,6-13H2,1-3H3. The van der Waals surface area contributed by atoms with Gasteiger partial charge in [-0.25, -0.2) is 4.79 Å². The summed E-state index contributed by atoms with van der Waals surface area (Å²) >= 11 is 0. The normalized spacial score (nSPS) is 19.1. The Labute approximate surface area is 181 Å². The maximum Gasteiger partial charge on any atom is 0.339 e. The summed E-state index contributed by atoms with van der Waals surface area (Å²) in [6.45, 7) is 10.6. The number of nitrogens with zero attached hydrogens (tertiary/aromatic N) is 2. The van der Waals surface area contributed by atoms with Gasteiger partial charge in [0.1, 0.15) is 11.3 Å². The van der Waals surface area contributed by atoms with Crippen molar-refractivity contribution >= 4 is 16.9 Å². The highest BCUT2D eigenvalue weighted by atomic mass is 16.7. The highest BCUT2D eigenvalue weighted by Crippen LogP contribution is 2.25. The molecule has 2 aliphatic heterocycles. The molecule has 1 aromatic carbocycles. The van der Waals surface area contributed by atoms with Crippen LogP contribution in [0.3, 0.4) is 0 Å². The van der Waals surface area contributed by atoms with Crippen LogP contribution in [0.15, 0.2) is 27.4 Å². The van der Waals surface area contributed by atoms with Crippen LogP contribution < -0.4 is 10.4 Å². The molecule has 0 bridgehead atoms. The Morgan fingerprint density at radius 3 is 2.55 bits per heavy atom. The maximum absolute atomic E-state index is 12.9. The third kappa shape index (κ3) is 4.92. The molecular weight excluding hydrogens is 400 g/mol. The van der Waals surface area contributed by atoms with Gasteiger partial charge in [-0.15, -0.1) is 0 Å². The Hall–Kier alpha value is -2.42. The van der Waals surface area contributed by atoms with Gasteiger partial charge in [-0.05, 0) is 38.5 Å². The first kappa shape index (κ1) is 21.8. The summed E-state index contributed by atoms with van der Waals surface area (Å²) in [5, 5.41) is 0.868. The van der Waals surface area contributed by atoms with Gasteiger partial charge in [0.2, 0.25) is 0 Å². The van der Waals surface area contributed by atoms with Gasteiger partial charge in [-0.1, -0.05) is 0 Å². The SMILES string of the molecule is Cc1c(C)c2ccc(OC(C)C(=O)N3CCN(CCC4OCCO4)CC3)cc2oc1=O. The summed E-state index contributed by atoms with van der Waals surface area (Å²) < 4.78 is 22.2. The second-order valence-electron chi connectivity index (χ2n) is 8.18. The second kappa shape index (κ2) is 9.38. The first-order valence-corrected chi connectivity index (χ1v) is 10.9. The first-order chi connectivity index (χ1) is 14.9. The topological polar surface area (TPSA) is 81.5 Å². The molecule has 8 heteroatoms. The van der Waals surface area contributed by atoms with Crippen LogP contribution in [0.2, 0.25) is 0 Å². The van der Waals surface area contributed by atoms with E-state index in [0.717, 1.165) is 37.0 Å². The highest BCUT2D eigenvalue weighted by molar-refractivity contribution is 5.83. The number of carbonyl (C=O) groups excluding carboxylic acids is 1. The molecule has 1 amide bonds. The van der Waals surface area contributed by atoms with Crippen LogP contribution in [0.25, 0.3) is 11.0 Å². The Balaban J connectivity index is 1.31. The number of benzene rings is 1. The zero-order chi connectivity index (χ0) is 22.0. The molecule has 4 rings (SSSR count). The molecule has 1 unspecified atom stereocenters. The van der Waals surface area contributed by atoms with Gasteiger partial charge < -0.3 is 23.5 Å². The summed E-state index contributed by atoms with van der Waals surface area (Å²) in [6, 6.07) is 5.35. The maximum atomic E-state index is 12.9. The Bertz CT molecular complexity index is 989. The van der Waals surface area contributed by atoms with Crippen molar-refractivity contribution in [2.45, 2.75) is 39.6 Å². The minimum Gasteiger partial charge on any atom is -0.481 e. The van der Waals surface area contributed by atoms with Crippen molar-refractivity contribution in [3.63, 3.8) is 0 Å². The van der Waals surface area contributed by atoms with Crippen LogP contribution in [0.5, 0.6) is 5.75 Å². The Morgan fingerprint density at radius 2 is 1.84 bits per heavy atom. The quantitative estimate of drug-likeness (QED) is 0.649. The lowest BCUT2D eigenvalue weighted by Gasteiger charge is -2.36. The lowest BCUT2D eigenvalue weighted by Crippen LogP contribution is -2.52. The molecule has 8 nitrogen and oxygen atoms in total. The lowest BCUT2D eigenvalue weighted by atomic mass is 10.1. The van der Waals surface area contributed by atoms with Crippen LogP contribution in [-0.4, -0.2) is 74.0 Å².